The number of nitrogens with zero attached hydrogens (tertiary/aromatic N) is 1. The molecule has 5 heteroatoms. The average Bonchev–Trinajstić information content (AvgIpc) is 2.85. The number of aromatic amines is 1. The van der Waals surface area contributed by atoms with Gasteiger partial charge in [-0.1, -0.05) is 30.3 Å². The maximum atomic E-state index is 12.5. The zero-order chi connectivity index (χ0) is 15.5. The van der Waals surface area contributed by atoms with Crippen LogP contribution in [-0.2, 0) is 11.2 Å². The summed E-state index contributed by atoms with van der Waals surface area (Å²) in [7, 11) is 1.67. The molecule has 3 rings (SSSR count). The lowest BCUT2D eigenvalue weighted by Gasteiger charge is -2.03. The van der Waals surface area contributed by atoms with Gasteiger partial charge in [0.05, 0.1) is 5.39 Å². The lowest BCUT2D eigenvalue weighted by molar-refractivity contribution is 0.194. The zero-order valence-electron chi connectivity index (χ0n) is 12.7. The van der Waals surface area contributed by atoms with Crippen LogP contribution in [0.25, 0.3) is 21.3 Å². The van der Waals surface area contributed by atoms with Gasteiger partial charge in [-0.05, 0) is 18.9 Å². The van der Waals surface area contributed by atoms with E-state index in [-0.39, 0.29) is 5.56 Å². The third kappa shape index (κ3) is 2.82. The van der Waals surface area contributed by atoms with E-state index >= 15 is 0 Å². The number of thiophene rings is 1. The Bertz CT molecular complexity index is 837. The number of aromatic nitrogens is 2. The van der Waals surface area contributed by atoms with Gasteiger partial charge in [0.1, 0.15) is 10.7 Å². The number of methoxy groups -OCH3 is 1. The van der Waals surface area contributed by atoms with Gasteiger partial charge in [0, 0.05) is 30.6 Å². The van der Waals surface area contributed by atoms with Crippen molar-refractivity contribution >= 4 is 21.6 Å². The van der Waals surface area contributed by atoms with Gasteiger partial charge in [0.2, 0.25) is 0 Å². The molecule has 4 nitrogen and oxygen atoms in total. The number of nitrogens with one attached hydrogen (secondary N) is 1. The quantitative estimate of drug-likeness (QED) is 0.733. The maximum absolute atomic E-state index is 12.5. The second-order valence-electron chi connectivity index (χ2n) is 5.19. The van der Waals surface area contributed by atoms with E-state index in [9.17, 15) is 4.79 Å². The Morgan fingerprint density at radius 1 is 1.27 bits per heavy atom. The second kappa shape index (κ2) is 6.42. The number of hydrogen-bond acceptors (Lipinski definition) is 4. The Labute approximate surface area is 132 Å². The fourth-order valence-electron chi connectivity index (χ4n) is 2.62. The molecule has 0 atom stereocenters. The van der Waals surface area contributed by atoms with E-state index in [1.165, 1.54) is 0 Å². The van der Waals surface area contributed by atoms with Crippen molar-refractivity contribution in [1.82, 2.24) is 9.97 Å². The summed E-state index contributed by atoms with van der Waals surface area (Å²) in [5, 5.41) is 0.698. The van der Waals surface area contributed by atoms with E-state index in [4.69, 9.17) is 4.74 Å². The molecule has 22 heavy (non-hydrogen) atoms. The molecule has 2 heterocycles. The van der Waals surface area contributed by atoms with Gasteiger partial charge in [0.15, 0.2) is 0 Å². The maximum Gasteiger partial charge on any atom is 0.260 e. The number of H-pyrrole nitrogens is 1. The van der Waals surface area contributed by atoms with Crippen molar-refractivity contribution in [3.05, 3.63) is 51.4 Å². The zero-order valence-corrected chi connectivity index (χ0v) is 13.5. The molecule has 0 amide bonds. The van der Waals surface area contributed by atoms with Crippen molar-refractivity contribution in [2.24, 2.45) is 0 Å². The highest BCUT2D eigenvalue weighted by atomic mass is 32.1. The summed E-state index contributed by atoms with van der Waals surface area (Å²) in [5.41, 5.74) is 2.00. The molecule has 2 aromatic heterocycles. The minimum absolute atomic E-state index is 0.0550. The molecule has 3 aromatic rings. The SMILES string of the molecule is COCCCc1nc2sc(C)c(-c3ccccc3)c2c(=O)[nH]1. The first-order valence-corrected chi connectivity index (χ1v) is 8.09. The van der Waals surface area contributed by atoms with Crippen molar-refractivity contribution in [1.29, 1.82) is 0 Å². The Hall–Kier alpha value is -1.98. The van der Waals surface area contributed by atoms with Crippen LogP contribution in [0.4, 0.5) is 0 Å². The lowest BCUT2D eigenvalue weighted by Crippen LogP contribution is -2.12. The predicted molar refractivity (Wildman–Crippen MR) is 90.6 cm³/mol. The van der Waals surface area contributed by atoms with E-state index in [1.807, 2.05) is 37.3 Å². The topological polar surface area (TPSA) is 55.0 Å². The van der Waals surface area contributed by atoms with Crippen LogP contribution in [0.1, 0.15) is 17.1 Å². The Morgan fingerprint density at radius 2 is 2.05 bits per heavy atom. The van der Waals surface area contributed by atoms with Crippen molar-refractivity contribution < 1.29 is 4.74 Å². The van der Waals surface area contributed by atoms with Gasteiger partial charge in [-0.3, -0.25) is 4.79 Å². The van der Waals surface area contributed by atoms with E-state index < -0.39 is 0 Å². The predicted octanol–water partition coefficient (Wildman–Crippen LogP) is 3.54. The minimum atomic E-state index is -0.0550. The van der Waals surface area contributed by atoms with Crippen molar-refractivity contribution in [2.45, 2.75) is 19.8 Å². The highest BCUT2D eigenvalue weighted by molar-refractivity contribution is 7.19. The first-order valence-electron chi connectivity index (χ1n) is 7.27. The Kier molecular flexibility index (Phi) is 4.36. The lowest BCUT2D eigenvalue weighted by atomic mass is 10.0. The molecular formula is C17H18N2O2S. The molecule has 0 fully saturated rings. The van der Waals surface area contributed by atoms with Gasteiger partial charge in [-0.25, -0.2) is 4.98 Å². The number of fused-ring (bicyclic) bond motifs is 1. The third-order valence-electron chi connectivity index (χ3n) is 3.61. The van der Waals surface area contributed by atoms with E-state index in [0.29, 0.717) is 12.0 Å². The molecule has 0 unspecified atom stereocenters. The number of rotatable bonds is 5. The fraction of sp³-hybridized carbons (Fsp3) is 0.294. The van der Waals surface area contributed by atoms with Crippen LogP contribution in [0.15, 0.2) is 35.1 Å². The Morgan fingerprint density at radius 3 is 2.77 bits per heavy atom. The summed E-state index contributed by atoms with van der Waals surface area (Å²) in [4.78, 5) is 22.0. The molecule has 0 aliphatic carbocycles. The van der Waals surface area contributed by atoms with Crippen LogP contribution in [-0.4, -0.2) is 23.7 Å². The summed E-state index contributed by atoms with van der Waals surface area (Å²) in [6.07, 6.45) is 1.57. The van der Waals surface area contributed by atoms with Gasteiger partial charge in [0.25, 0.3) is 5.56 Å². The summed E-state index contributed by atoms with van der Waals surface area (Å²) < 4.78 is 5.05. The van der Waals surface area contributed by atoms with Crippen molar-refractivity contribution in [2.75, 3.05) is 13.7 Å². The van der Waals surface area contributed by atoms with Gasteiger partial charge in [-0.2, -0.15) is 0 Å². The van der Waals surface area contributed by atoms with Gasteiger partial charge in [-0.15, -0.1) is 11.3 Å². The molecule has 0 aliphatic rings. The van der Waals surface area contributed by atoms with E-state index in [1.54, 1.807) is 18.4 Å². The molecule has 0 radical (unpaired) electrons. The highest BCUT2D eigenvalue weighted by Gasteiger charge is 2.16. The van der Waals surface area contributed by atoms with E-state index in [2.05, 4.69) is 9.97 Å². The average molecular weight is 314 g/mol. The molecule has 114 valence electrons. The van der Waals surface area contributed by atoms with Crippen LogP contribution < -0.4 is 5.56 Å². The minimum Gasteiger partial charge on any atom is -0.385 e. The third-order valence-corrected chi connectivity index (χ3v) is 4.61. The number of ether oxygens (including phenoxy) is 1. The molecule has 0 saturated heterocycles. The number of aryl methyl sites for hydroxylation is 2. The van der Waals surface area contributed by atoms with Crippen LogP contribution in [0, 0.1) is 6.92 Å². The summed E-state index contributed by atoms with van der Waals surface area (Å²) >= 11 is 1.58. The molecule has 1 aromatic carbocycles. The van der Waals surface area contributed by atoms with Crippen LogP contribution >= 0.6 is 11.3 Å². The normalized spacial score (nSPS) is 11.2. The summed E-state index contributed by atoms with van der Waals surface area (Å²) in [6, 6.07) is 10.0. The highest BCUT2D eigenvalue weighted by Crippen LogP contribution is 2.35. The molecule has 1 N–H and O–H groups in total. The number of benzene rings is 1. The standard InChI is InChI=1S/C17H18N2O2S/c1-11-14(12-7-4-3-5-8-12)15-16(20)18-13(9-6-10-21-2)19-17(15)22-11/h3-5,7-8H,6,9-10H2,1-2H3,(H,18,19,20). The first kappa shape index (κ1) is 14.9. The Balaban J connectivity index is 2.09. The smallest absolute Gasteiger partial charge is 0.260 e. The van der Waals surface area contributed by atoms with Crippen molar-refractivity contribution in [3.63, 3.8) is 0 Å². The summed E-state index contributed by atoms with van der Waals surface area (Å²) in [6.45, 7) is 2.71. The molecule has 0 aliphatic heterocycles. The van der Waals surface area contributed by atoms with Gasteiger partial charge < -0.3 is 9.72 Å². The largest absolute Gasteiger partial charge is 0.385 e. The number of hydrogen-bond donors (Lipinski definition) is 1. The molecule has 0 saturated carbocycles. The van der Waals surface area contributed by atoms with Gasteiger partial charge >= 0.3 is 0 Å². The summed E-state index contributed by atoms with van der Waals surface area (Å²) in [5.74, 6) is 0.732. The van der Waals surface area contributed by atoms with Crippen LogP contribution in [0.5, 0.6) is 0 Å². The molecular weight excluding hydrogens is 296 g/mol. The molecule has 0 bridgehead atoms. The van der Waals surface area contributed by atoms with E-state index in [0.717, 1.165) is 39.5 Å². The molecule has 0 spiro atoms. The second-order valence-corrected chi connectivity index (χ2v) is 6.39. The fourth-order valence-corrected chi connectivity index (χ4v) is 3.68. The van der Waals surface area contributed by atoms with Crippen LogP contribution in [0.3, 0.4) is 0 Å². The van der Waals surface area contributed by atoms with Crippen molar-refractivity contribution in [3.8, 4) is 11.1 Å². The van der Waals surface area contributed by atoms with Crippen LogP contribution in [0.2, 0.25) is 0 Å². The monoisotopic (exact) mass is 314 g/mol. The first-order chi connectivity index (χ1) is 10.7.